The molecule has 7 heavy (non-hydrogen) atoms. The van der Waals surface area contributed by atoms with Gasteiger partial charge in [0.1, 0.15) is 0 Å². The molecule has 0 heterocycles. The van der Waals surface area contributed by atoms with Gasteiger partial charge in [0.15, 0.2) is 0 Å². The summed E-state index contributed by atoms with van der Waals surface area (Å²) in [5.41, 5.74) is 0. The molecule has 6 radical (unpaired) electrons. The molecule has 0 unspecified atom stereocenters. The Balaban J connectivity index is 0. The van der Waals surface area contributed by atoms with E-state index < -0.39 is 0 Å². The number of rotatable bonds is 0. The molecular formula is As3Au4+13. The molecule has 0 saturated heterocycles. The van der Waals surface area contributed by atoms with Crippen molar-refractivity contribution in [2.45, 2.75) is 0 Å². The third kappa shape index (κ3) is 36.9. The molecule has 0 amide bonds. The molecule has 0 aliphatic carbocycles. The van der Waals surface area contributed by atoms with E-state index in [9.17, 15) is 0 Å². The van der Waals surface area contributed by atoms with Gasteiger partial charge in [-0.25, -0.2) is 0 Å². The Hall–Kier alpha value is 4.64. The zero-order valence-electron chi connectivity index (χ0n) is 2.55. The van der Waals surface area contributed by atoms with Gasteiger partial charge in [-0.15, -0.1) is 0 Å². The van der Waals surface area contributed by atoms with E-state index in [2.05, 4.69) is 0 Å². The molecular weight excluding hydrogens is 1010 g/mol. The van der Waals surface area contributed by atoms with Crippen LogP contribution in [0.2, 0.25) is 0 Å². The first-order valence-electron chi connectivity index (χ1n) is 0. The van der Waals surface area contributed by atoms with Crippen LogP contribution in [-0.2, 0) is 89.5 Å². The van der Waals surface area contributed by atoms with Crippen LogP contribution in [0.3, 0.4) is 0 Å². The second-order valence-electron chi connectivity index (χ2n) is 0. The number of hydrogen-bond acceptors (Lipinski definition) is 0. The van der Waals surface area contributed by atoms with Gasteiger partial charge in [-0.05, 0) is 0 Å². The van der Waals surface area contributed by atoms with E-state index in [4.69, 9.17) is 0 Å². The maximum Gasteiger partial charge on any atom is 3.00 e. The summed E-state index contributed by atoms with van der Waals surface area (Å²) in [6, 6.07) is 0. The average Bonchev–Trinajstić information content (AvgIpc) is 0. The van der Waals surface area contributed by atoms with Gasteiger partial charge in [-0.3, -0.25) is 0 Å². The summed E-state index contributed by atoms with van der Waals surface area (Å²) in [6.45, 7) is 0. The van der Waals surface area contributed by atoms with Crippen molar-refractivity contribution in [1.82, 2.24) is 0 Å². The van der Waals surface area contributed by atoms with E-state index in [1.165, 1.54) is 0 Å². The topological polar surface area (TPSA) is 0 Å². The maximum absolute atomic E-state index is 0. The Morgan fingerprint density at radius 1 is 0.286 bits per heavy atom. The molecule has 0 nitrogen and oxygen atoms in total. The summed E-state index contributed by atoms with van der Waals surface area (Å²) >= 11 is 0. The van der Waals surface area contributed by atoms with Crippen LogP contribution in [0.15, 0.2) is 0 Å². The first kappa shape index (κ1) is 61.2. The standard InChI is InChI=1S/3As.4Au/q3*+3;4*+1. The van der Waals surface area contributed by atoms with Crippen LogP contribution in [0, 0.1) is 0 Å². The van der Waals surface area contributed by atoms with Crippen LogP contribution in [0.1, 0.15) is 0 Å². The van der Waals surface area contributed by atoms with E-state index >= 15 is 0 Å². The fourth-order valence-electron chi connectivity index (χ4n) is 0. The van der Waals surface area contributed by atoms with E-state index in [1.807, 2.05) is 0 Å². The van der Waals surface area contributed by atoms with Gasteiger partial charge in [-0.1, -0.05) is 0 Å². The predicted molar refractivity (Wildman–Crippen MR) is 17.3 cm³/mol. The van der Waals surface area contributed by atoms with E-state index in [1.54, 1.807) is 0 Å². The van der Waals surface area contributed by atoms with Crippen molar-refractivity contribution in [3.63, 3.8) is 0 Å². The van der Waals surface area contributed by atoms with E-state index in [0.717, 1.165) is 0 Å². The normalized spacial score (nSPS) is 0. The number of hydrogen-bond donors (Lipinski definition) is 0. The van der Waals surface area contributed by atoms with Crippen molar-refractivity contribution in [2.24, 2.45) is 0 Å². The molecule has 0 N–H and O–H groups in total. The van der Waals surface area contributed by atoms with Gasteiger partial charge in [0.2, 0.25) is 0 Å². The minimum absolute atomic E-state index is 0. The molecule has 0 spiro atoms. The van der Waals surface area contributed by atoms with Gasteiger partial charge in [0, 0.05) is 0 Å². The molecule has 0 saturated carbocycles. The average molecular weight is 1010 g/mol. The van der Waals surface area contributed by atoms with Crippen LogP contribution >= 0.6 is 0 Å². The van der Waals surface area contributed by atoms with E-state index in [-0.39, 0.29) is 143 Å². The van der Waals surface area contributed by atoms with Crippen LogP contribution in [0.5, 0.6) is 0 Å². The summed E-state index contributed by atoms with van der Waals surface area (Å²) in [5, 5.41) is 0. The molecule has 0 aliphatic rings. The Kier molecular flexibility index (Phi) is 402. The van der Waals surface area contributed by atoms with Crippen molar-refractivity contribution in [2.75, 3.05) is 0 Å². The van der Waals surface area contributed by atoms with Crippen molar-refractivity contribution in [1.29, 1.82) is 0 Å². The zero-order valence-corrected chi connectivity index (χ0v) is 16.8. The second kappa shape index (κ2) is 45.9. The van der Waals surface area contributed by atoms with Crippen molar-refractivity contribution in [3.05, 3.63) is 0 Å². The van der Waals surface area contributed by atoms with Crippen LogP contribution in [0.25, 0.3) is 0 Å². The Bertz CT molecular complexity index is 6.90. The molecule has 7 heteroatoms. The fourth-order valence-corrected chi connectivity index (χ4v) is 0. The largest absolute Gasteiger partial charge is 3.00 e. The van der Waals surface area contributed by atoms with Gasteiger partial charge in [0.05, 0.1) is 0 Å². The van der Waals surface area contributed by atoms with Gasteiger partial charge in [0.25, 0.3) is 0 Å². The summed E-state index contributed by atoms with van der Waals surface area (Å²) in [4.78, 5) is 0. The summed E-state index contributed by atoms with van der Waals surface area (Å²) < 4.78 is 0. The smallest absolute Gasteiger partial charge is 1.00 e. The molecule has 0 fully saturated rings. The minimum Gasteiger partial charge on any atom is 1.00 e. The fraction of sp³-hybridized carbons (Fsp3) is 0. The molecule has 0 atom stereocenters. The Morgan fingerprint density at radius 2 is 0.286 bits per heavy atom. The van der Waals surface area contributed by atoms with Crippen LogP contribution < -0.4 is 0 Å². The van der Waals surface area contributed by atoms with Crippen LogP contribution in [-0.4, -0.2) is 53.9 Å². The van der Waals surface area contributed by atoms with E-state index in [0.29, 0.717) is 0 Å². The Morgan fingerprint density at radius 3 is 0.286 bits per heavy atom. The summed E-state index contributed by atoms with van der Waals surface area (Å²) in [5.74, 6) is 0. The van der Waals surface area contributed by atoms with Gasteiger partial charge >= 0.3 is 143 Å². The molecule has 0 bridgehead atoms. The van der Waals surface area contributed by atoms with Crippen molar-refractivity contribution >= 4 is 53.9 Å². The maximum atomic E-state index is 0. The predicted octanol–water partition coefficient (Wildman–Crippen LogP) is -1.15. The molecule has 0 aromatic rings. The SMILES string of the molecule is [As+3].[As+3].[As+3].[Au+].[Au+].[Au+].[Au+]. The van der Waals surface area contributed by atoms with Crippen LogP contribution in [0.4, 0.5) is 0 Å². The molecule has 0 aliphatic heterocycles. The monoisotopic (exact) mass is 1010 g/mol. The first-order chi connectivity index (χ1) is 0. The summed E-state index contributed by atoms with van der Waals surface area (Å²) in [7, 11) is 0. The third-order valence-electron chi connectivity index (χ3n) is 0. The van der Waals surface area contributed by atoms with Gasteiger partial charge < -0.3 is 0 Å². The second-order valence-corrected chi connectivity index (χ2v) is 0. The van der Waals surface area contributed by atoms with Gasteiger partial charge in [-0.2, -0.15) is 0 Å². The van der Waals surface area contributed by atoms with Crippen molar-refractivity contribution < 1.29 is 89.5 Å². The summed E-state index contributed by atoms with van der Waals surface area (Å²) in [6.07, 6.45) is 0. The van der Waals surface area contributed by atoms with Crippen molar-refractivity contribution in [3.8, 4) is 0 Å². The third-order valence-corrected chi connectivity index (χ3v) is 0. The molecule has 0 aromatic heterocycles. The molecule has 0 aromatic carbocycles. The zero-order chi connectivity index (χ0) is 0. The minimum atomic E-state index is 0. The molecule has 46 valence electrons. The molecule has 0 rings (SSSR count). The Labute approximate surface area is 140 Å². The first-order valence-corrected chi connectivity index (χ1v) is 0. The quantitative estimate of drug-likeness (QED) is 0.270.